The van der Waals surface area contributed by atoms with Crippen LogP contribution in [0.5, 0.6) is 0 Å². The van der Waals surface area contributed by atoms with Crippen molar-refractivity contribution in [1.29, 1.82) is 0 Å². The topological polar surface area (TPSA) is 140 Å². The lowest BCUT2D eigenvalue weighted by molar-refractivity contribution is 0.322. The zero-order valence-corrected chi connectivity index (χ0v) is 11.9. The van der Waals surface area contributed by atoms with Crippen LogP contribution in [0.4, 0.5) is 0 Å². The van der Waals surface area contributed by atoms with Crippen molar-refractivity contribution >= 4 is 20.9 Å². The predicted octanol–water partition coefficient (Wildman–Crippen LogP) is 0.840. The van der Waals surface area contributed by atoms with Crippen molar-refractivity contribution in [2.75, 3.05) is 0 Å². The minimum atomic E-state index is -5.11. The van der Waals surface area contributed by atoms with Crippen LogP contribution in [-0.2, 0) is 9.13 Å². The number of rotatable bonds is 3. The molecule has 0 amide bonds. The number of pyridine rings is 1. The summed E-state index contributed by atoms with van der Waals surface area (Å²) in [5, 5.41) is 0. The Balaban J connectivity index is 2.52. The van der Waals surface area contributed by atoms with Gasteiger partial charge in [-0.05, 0) is 18.2 Å². The normalized spacial score (nSPS) is 18.7. The van der Waals surface area contributed by atoms with E-state index in [1.807, 2.05) is 0 Å². The third-order valence-electron chi connectivity index (χ3n) is 2.97. The molecule has 0 aliphatic carbocycles. The highest BCUT2D eigenvalue weighted by molar-refractivity contribution is 7.72. The summed E-state index contributed by atoms with van der Waals surface area (Å²) in [6, 6.07) is 4.82. The first-order valence-electron chi connectivity index (χ1n) is 5.44. The van der Waals surface area contributed by atoms with Gasteiger partial charge in [0.05, 0.1) is 11.4 Å². The van der Waals surface area contributed by atoms with Crippen molar-refractivity contribution in [2.24, 2.45) is 4.99 Å². The SMILES string of the molecule is O=P(O)(O)C1(P(=O)(O)O)C=CN=C(c2ccccn2)C1. The van der Waals surface area contributed by atoms with Crippen molar-refractivity contribution in [1.82, 2.24) is 4.98 Å². The lowest BCUT2D eigenvalue weighted by Gasteiger charge is -2.33. The van der Waals surface area contributed by atoms with Crippen LogP contribution in [0.1, 0.15) is 12.1 Å². The zero-order valence-electron chi connectivity index (χ0n) is 10.1. The average Bonchev–Trinajstić information content (AvgIpc) is 2.37. The Hall–Kier alpha value is -1.14. The van der Waals surface area contributed by atoms with Gasteiger partial charge < -0.3 is 19.6 Å². The molecule has 4 N–H and O–H groups in total. The van der Waals surface area contributed by atoms with Crippen LogP contribution in [-0.4, -0.2) is 35.2 Å². The number of allylic oxidation sites excluding steroid dienone is 1. The first-order valence-corrected chi connectivity index (χ1v) is 8.67. The Kier molecular flexibility index (Phi) is 3.81. The molecular formula is C10H12N2O6P2. The highest BCUT2D eigenvalue weighted by atomic mass is 31.2. The molecule has 10 heteroatoms. The van der Waals surface area contributed by atoms with E-state index in [0.717, 1.165) is 12.3 Å². The molecule has 2 heterocycles. The minimum absolute atomic E-state index is 0.111. The summed E-state index contributed by atoms with van der Waals surface area (Å²) >= 11 is 0. The quantitative estimate of drug-likeness (QED) is 0.605. The largest absolute Gasteiger partial charge is 0.348 e. The summed E-state index contributed by atoms with van der Waals surface area (Å²) in [4.78, 5) is 42.8. The molecular weight excluding hydrogens is 306 g/mol. The maximum atomic E-state index is 11.6. The van der Waals surface area contributed by atoms with Crippen molar-refractivity contribution in [3.05, 3.63) is 42.4 Å². The number of hydrogen-bond acceptors (Lipinski definition) is 4. The van der Waals surface area contributed by atoms with Gasteiger partial charge in [0.2, 0.25) is 0 Å². The molecule has 1 aliphatic rings. The number of aromatic nitrogens is 1. The van der Waals surface area contributed by atoms with Crippen LogP contribution in [0.15, 0.2) is 41.7 Å². The van der Waals surface area contributed by atoms with Gasteiger partial charge in [-0.3, -0.25) is 19.1 Å². The first kappa shape index (κ1) is 15.3. The Bertz CT molecular complexity index is 638. The van der Waals surface area contributed by atoms with Crippen LogP contribution < -0.4 is 0 Å². The lowest BCUT2D eigenvalue weighted by Crippen LogP contribution is -2.32. The highest BCUT2D eigenvalue weighted by Crippen LogP contribution is 2.72. The third kappa shape index (κ3) is 2.54. The maximum absolute atomic E-state index is 11.6. The number of hydrogen-bond donors (Lipinski definition) is 4. The molecule has 0 aromatic carbocycles. The van der Waals surface area contributed by atoms with Gasteiger partial charge in [-0.1, -0.05) is 6.07 Å². The molecule has 0 bridgehead atoms. The van der Waals surface area contributed by atoms with Crippen molar-refractivity contribution in [3.8, 4) is 0 Å². The van der Waals surface area contributed by atoms with Gasteiger partial charge in [0.1, 0.15) is 0 Å². The Morgan fingerprint density at radius 2 is 1.75 bits per heavy atom. The average molecular weight is 318 g/mol. The van der Waals surface area contributed by atoms with Crippen LogP contribution >= 0.6 is 15.2 Å². The summed E-state index contributed by atoms with van der Waals surface area (Å²) in [5.41, 5.74) is 0.419. The van der Waals surface area contributed by atoms with E-state index in [1.54, 1.807) is 18.2 Å². The highest BCUT2D eigenvalue weighted by Gasteiger charge is 2.59. The van der Waals surface area contributed by atoms with Gasteiger partial charge in [0.25, 0.3) is 0 Å². The molecule has 0 atom stereocenters. The second kappa shape index (κ2) is 5.00. The molecule has 0 fully saturated rings. The molecule has 20 heavy (non-hydrogen) atoms. The minimum Gasteiger partial charge on any atom is -0.323 e. The summed E-state index contributed by atoms with van der Waals surface area (Å²) in [7, 11) is -10.2. The van der Waals surface area contributed by atoms with E-state index >= 15 is 0 Å². The van der Waals surface area contributed by atoms with Crippen LogP contribution in [0.3, 0.4) is 0 Å². The zero-order chi connectivity index (χ0) is 15.0. The van der Waals surface area contributed by atoms with E-state index in [9.17, 15) is 28.7 Å². The fourth-order valence-electron chi connectivity index (χ4n) is 1.86. The molecule has 108 valence electrons. The number of nitrogens with zero attached hydrogens (tertiary/aromatic N) is 2. The molecule has 1 aliphatic heterocycles. The Morgan fingerprint density at radius 3 is 2.25 bits per heavy atom. The van der Waals surface area contributed by atoms with E-state index in [1.165, 1.54) is 6.20 Å². The smallest absolute Gasteiger partial charge is 0.323 e. The van der Waals surface area contributed by atoms with Gasteiger partial charge in [0.15, 0.2) is 4.90 Å². The molecule has 1 aromatic rings. The maximum Gasteiger partial charge on any atom is 0.348 e. The Labute approximate surface area is 114 Å². The molecule has 8 nitrogen and oxygen atoms in total. The van der Waals surface area contributed by atoms with E-state index in [0.29, 0.717) is 5.69 Å². The van der Waals surface area contributed by atoms with Gasteiger partial charge in [-0.2, -0.15) is 0 Å². The fraction of sp³-hybridized carbons (Fsp3) is 0.200. The second-order valence-electron chi connectivity index (χ2n) is 4.25. The van der Waals surface area contributed by atoms with Gasteiger partial charge >= 0.3 is 15.2 Å². The molecule has 1 aromatic heterocycles. The van der Waals surface area contributed by atoms with E-state index in [2.05, 4.69) is 9.98 Å². The summed E-state index contributed by atoms with van der Waals surface area (Å²) in [6.45, 7) is 0. The second-order valence-corrected chi connectivity index (χ2v) is 8.37. The first-order chi connectivity index (χ1) is 9.17. The fourth-order valence-corrected chi connectivity index (χ4v) is 4.45. The summed E-state index contributed by atoms with van der Waals surface area (Å²) in [6.07, 6.45) is 2.63. The van der Waals surface area contributed by atoms with Gasteiger partial charge in [0, 0.05) is 18.8 Å². The molecule has 0 spiro atoms. The van der Waals surface area contributed by atoms with Crippen LogP contribution in [0, 0.1) is 0 Å². The van der Waals surface area contributed by atoms with Crippen LogP contribution in [0.25, 0.3) is 0 Å². The third-order valence-corrected chi connectivity index (χ3v) is 7.16. The van der Waals surface area contributed by atoms with Crippen molar-refractivity contribution < 1.29 is 28.7 Å². The predicted molar refractivity (Wildman–Crippen MR) is 71.4 cm³/mol. The monoisotopic (exact) mass is 318 g/mol. The molecule has 2 rings (SSSR count). The van der Waals surface area contributed by atoms with Crippen LogP contribution in [0.2, 0.25) is 0 Å². The van der Waals surface area contributed by atoms with Crippen molar-refractivity contribution in [3.63, 3.8) is 0 Å². The Morgan fingerprint density at radius 1 is 1.10 bits per heavy atom. The van der Waals surface area contributed by atoms with E-state index in [-0.39, 0.29) is 5.71 Å². The van der Waals surface area contributed by atoms with Gasteiger partial charge in [-0.25, -0.2) is 0 Å². The number of aliphatic imine (C=N–C) groups is 1. The van der Waals surface area contributed by atoms with Gasteiger partial charge in [-0.15, -0.1) is 0 Å². The van der Waals surface area contributed by atoms with Crippen molar-refractivity contribution in [2.45, 2.75) is 11.3 Å². The molecule has 0 unspecified atom stereocenters. The molecule has 0 radical (unpaired) electrons. The lowest BCUT2D eigenvalue weighted by atomic mass is 10.1. The van der Waals surface area contributed by atoms with E-state index in [4.69, 9.17) is 0 Å². The standard InChI is InChI=1S/C10H12N2O6P2/c13-19(14,15)10(20(16,17)18)4-6-12-9(7-10)8-3-1-2-5-11-8/h1-6H,7H2,(H2,13,14,15)(H2,16,17,18). The summed E-state index contributed by atoms with van der Waals surface area (Å²) < 4.78 is 23.2. The van der Waals surface area contributed by atoms with E-state index < -0.39 is 26.5 Å². The molecule has 0 saturated carbocycles. The summed E-state index contributed by atoms with van der Waals surface area (Å²) in [5.74, 6) is 0. The molecule has 0 saturated heterocycles.